The van der Waals surface area contributed by atoms with Gasteiger partial charge >= 0.3 is 0 Å². The Balaban J connectivity index is 2.59. The van der Waals surface area contributed by atoms with Crippen LogP contribution in [-0.2, 0) is 0 Å². The molecule has 0 radical (unpaired) electrons. The van der Waals surface area contributed by atoms with Crippen LogP contribution in [0, 0.1) is 11.8 Å². The first kappa shape index (κ1) is 10.3. The average molecular weight is 236 g/mol. The average Bonchev–Trinajstić information content (AvgIpc) is 2.27. The van der Waals surface area contributed by atoms with Gasteiger partial charge in [0.1, 0.15) is 0 Å². The lowest BCUT2D eigenvalue weighted by atomic mass is 10.1. The van der Waals surface area contributed by atoms with Crippen LogP contribution in [0.2, 0.25) is 5.02 Å². The molecule has 0 aliphatic rings. The normalized spacial score (nSPS) is 9.73. The molecule has 0 atom stereocenters. The molecule has 1 nitrogen and oxygen atoms in total. The van der Waals surface area contributed by atoms with Crippen molar-refractivity contribution in [1.82, 2.24) is 4.98 Å². The number of halogens is 2. The van der Waals surface area contributed by atoms with Crippen molar-refractivity contribution in [2.45, 2.75) is 0 Å². The molecule has 0 saturated heterocycles. The van der Waals surface area contributed by atoms with Crippen LogP contribution in [0.4, 0.5) is 0 Å². The number of aromatic nitrogens is 1. The predicted molar refractivity (Wildman–Crippen MR) is 64.4 cm³/mol. The van der Waals surface area contributed by atoms with Crippen LogP contribution < -0.4 is 0 Å². The van der Waals surface area contributed by atoms with Crippen LogP contribution in [0.5, 0.6) is 0 Å². The molecule has 1 heterocycles. The maximum absolute atomic E-state index is 6.05. The summed E-state index contributed by atoms with van der Waals surface area (Å²) in [4.78, 5) is 4.20. The molecule has 2 rings (SSSR count). The standard InChI is InChI=1S/C12H7Cl2N/c13-6-1-2-9-3-4-12-10(8-9)11(14)5-7-15-12/h3-5,7-8H,6H2. The quantitative estimate of drug-likeness (QED) is 0.504. The van der Waals surface area contributed by atoms with E-state index in [0.29, 0.717) is 10.9 Å². The zero-order valence-electron chi connectivity index (χ0n) is 7.80. The van der Waals surface area contributed by atoms with Crippen molar-refractivity contribution < 1.29 is 0 Å². The van der Waals surface area contributed by atoms with E-state index in [0.717, 1.165) is 16.5 Å². The van der Waals surface area contributed by atoms with Crippen LogP contribution in [0.25, 0.3) is 10.9 Å². The van der Waals surface area contributed by atoms with E-state index in [2.05, 4.69) is 16.8 Å². The molecule has 2 aromatic rings. The van der Waals surface area contributed by atoms with Gasteiger partial charge in [-0.05, 0) is 24.3 Å². The molecular weight excluding hydrogens is 229 g/mol. The minimum atomic E-state index is 0.332. The smallest absolute Gasteiger partial charge is 0.0839 e. The van der Waals surface area contributed by atoms with Crippen molar-refractivity contribution in [3.05, 3.63) is 41.0 Å². The first-order chi connectivity index (χ1) is 7.31. The topological polar surface area (TPSA) is 12.9 Å². The molecule has 1 aromatic carbocycles. The molecule has 0 aliphatic heterocycles. The molecule has 15 heavy (non-hydrogen) atoms. The van der Waals surface area contributed by atoms with Crippen LogP contribution in [0.15, 0.2) is 30.5 Å². The van der Waals surface area contributed by atoms with Crippen molar-refractivity contribution >= 4 is 34.1 Å². The van der Waals surface area contributed by atoms with Gasteiger partial charge in [0.2, 0.25) is 0 Å². The van der Waals surface area contributed by atoms with E-state index < -0.39 is 0 Å². The Kier molecular flexibility index (Phi) is 3.11. The lowest BCUT2D eigenvalue weighted by Crippen LogP contribution is -1.81. The third-order valence-electron chi connectivity index (χ3n) is 1.99. The van der Waals surface area contributed by atoms with Crippen LogP contribution in [0.1, 0.15) is 5.56 Å². The van der Waals surface area contributed by atoms with E-state index in [-0.39, 0.29) is 0 Å². The Morgan fingerprint density at radius 1 is 1.27 bits per heavy atom. The summed E-state index contributed by atoms with van der Waals surface area (Å²) in [5.41, 5.74) is 1.77. The second kappa shape index (κ2) is 4.53. The van der Waals surface area contributed by atoms with Crippen LogP contribution in [-0.4, -0.2) is 10.9 Å². The molecule has 0 fully saturated rings. The minimum Gasteiger partial charge on any atom is -0.256 e. The van der Waals surface area contributed by atoms with E-state index >= 15 is 0 Å². The van der Waals surface area contributed by atoms with Crippen LogP contribution >= 0.6 is 23.2 Å². The highest BCUT2D eigenvalue weighted by Crippen LogP contribution is 2.22. The summed E-state index contributed by atoms with van der Waals surface area (Å²) in [6.45, 7) is 0. The lowest BCUT2D eigenvalue weighted by Gasteiger charge is -1.99. The minimum absolute atomic E-state index is 0.332. The molecule has 1 aromatic heterocycles. The molecule has 0 saturated carbocycles. The van der Waals surface area contributed by atoms with Gasteiger partial charge in [0, 0.05) is 17.1 Å². The van der Waals surface area contributed by atoms with Crippen molar-refractivity contribution in [3.8, 4) is 11.8 Å². The number of alkyl halides is 1. The number of fused-ring (bicyclic) bond motifs is 1. The van der Waals surface area contributed by atoms with Gasteiger partial charge in [0.05, 0.1) is 16.4 Å². The van der Waals surface area contributed by atoms with Gasteiger partial charge in [0.15, 0.2) is 0 Å². The molecule has 0 unspecified atom stereocenters. The van der Waals surface area contributed by atoms with Gasteiger partial charge in [-0.1, -0.05) is 23.4 Å². The molecule has 0 amide bonds. The van der Waals surface area contributed by atoms with E-state index in [1.54, 1.807) is 12.3 Å². The van der Waals surface area contributed by atoms with Gasteiger partial charge in [-0.15, -0.1) is 11.6 Å². The van der Waals surface area contributed by atoms with Gasteiger partial charge in [-0.2, -0.15) is 0 Å². The van der Waals surface area contributed by atoms with E-state index in [1.165, 1.54) is 0 Å². The maximum atomic E-state index is 6.05. The van der Waals surface area contributed by atoms with Gasteiger partial charge < -0.3 is 0 Å². The Morgan fingerprint density at radius 3 is 2.93 bits per heavy atom. The third-order valence-corrected chi connectivity index (χ3v) is 2.45. The van der Waals surface area contributed by atoms with Crippen molar-refractivity contribution in [1.29, 1.82) is 0 Å². The number of hydrogen-bond donors (Lipinski definition) is 0. The highest BCUT2D eigenvalue weighted by molar-refractivity contribution is 6.35. The summed E-state index contributed by atoms with van der Waals surface area (Å²) in [7, 11) is 0. The summed E-state index contributed by atoms with van der Waals surface area (Å²) >= 11 is 11.5. The number of benzene rings is 1. The van der Waals surface area contributed by atoms with E-state index in [4.69, 9.17) is 23.2 Å². The highest BCUT2D eigenvalue weighted by atomic mass is 35.5. The Bertz CT molecular complexity index is 552. The Morgan fingerprint density at radius 2 is 2.13 bits per heavy atom. The second-order valence-electron chi connectivity index (χ2n) is 2.96. The molecule has 0 bridgehead atoms. The number of hydrogen-bond acceptors (Lipinski definition) is 1. The molecule has 0 N–H and O–H groups in total. The van der Waals surface area contributed by atoms with E-state index in [1.807, 2.05) is 18.2 Å². The first-order valence-electron chi connectivity index (χ1n) is 4.40. The fourth-order valence-electron chi connectivity index (χ4n) is 1.33. The van der Waals surface area contributed by atoms with Gasteiger partial charge in [-0.3, -0.25) is 4.98 Å². The maximum Gasteiger partial charge on any atom is 0.0839 e. The largest absolute Gasteiger partial charge is 0.256 e. The van der Waals surface area contributed by atoms with Crippen molar-refractivity contribution in [2.24, 2.45) is 0 Å². The van der Waals surface area contributed by atoms with Gasteiger partial charge in [0.25, 0.3) is 0 Å². The fourth-order valence-corrected chi connectivity index (χ4v) is 1.60. The Hall–Kier alpha value is -1.23. The highest BCUT2D eigenvalue weighted by Gasteiger charge is 1.99. The molecule has 0 spiro atoms. The van der Waals surface area contributed by atoms with Crippen LogP contribution in [0.3, 0.4) is 0 Å². The Labute approximate surface area is 98.0 Å². The zero-order chi connectivity index (χ0) is 10.7. The predicted octanol–water partition coefficient (Wildman–Crippen LogP) is 3.48. The van der Waals surface area contributed by atoms with Crippen molar-refractivity contribution in [3.63, 3.8) is 0 Å². The zero-order valence-corrected chi connectivity index (χ0v) is 9.31. The number of nitrogens with zero attached hydrogens (tertiary/aromatic N) is 1. The summed E-state index contributed by atoms with van der Waals surface area (Å²) < 4.78 is 0. The van der Waals surface area contributed by atoms with Gasteiger partial charge in [-0.25, -0.2) is 0 Å². The molecule has 0 aliphatic carbocycles. The monoisotopic (exact) mass is 235 g/mol. The molecular formula is C12H7Cl2N. The molecule has 74 valence electrons. The van der Waals surface area contributed by atoms with Crippen molar-refractivity contribution in [2.75, 3.05) is 5.88 Å². The summed E-state index contributed by atoms with van der Waals surface area (Å²) in [5.74, 6) is 6.08. The SMILES string of the molecule is ClCC#Cc1ccc2nccc(Cl)c2c1. The lowest BCUT2D eigenvalue weighted by molar-refractivity contribution is 1.41. The summed E-state index contributed by atoms with van der Waals surface area (Å²) in [6.07, 6.45) is 1.69. The summed E-state index contributed by atoms with van der Waals surface area (Å²) in [6, 6.07) is 7.50. The molecule has 3 heteroatoms. The number of pyridine rings is 1. The number of rotatable bonds is 0. The fraction of sp³-hybridized carbons (Fsp3) is 0.0833. The van der Waals surface area contributed by atoms with E-state index in [9.17, 15) is 0 Å². The third kappa shape index (κ3) is 2.23. The summed E-state index contributed by atoms with van der Waals surface area (Å²) in [5, 5.41) is 1.61. The second-order valence-corrected chi connectivity index (χ2v) is 3.63. The first-order valence-corrected chi connectivity index (χ1v) is 5.31.